The van der Waals surface area contributed by atoms with Crippen molar-refractivity contribution in [2.75, 3.05) is 38.5 Å². The van der Waals surface area contributed by atoms with Gasteiger partial charge in [-0.1, -0.05) is 13.0 Å². The van der Waals surface area contributed by atoms with Gasteiger partial charge in [-0.05, 0) is 50.6 Å². The molecular weight excluding hydrogens is 290 g/mol. The van der Waals surface area contributed by atoms with Crippen LogP contribution in [0.1, 0.15) is 30.1 Å². The number of amides is 2. The molecule has 5 nitrogen and oxygen atoms in total. The van der Waals surface area contributed by atoms with Crippen LogP contribution in [0.2, 0.25) is 0 Å². The van der Waals surface area contributed by atoms with Crippen molar-refractivity contribution in [3.8, 4) is 0 Å². The van der Waals surface area contributed by atoms with E-state index in [9.17, 15) is 9.59 Å². The molecule has 1 aromatic rings. The molecule has 3 rings (SSSR count). The lowest BCUT2D eigenvalue weighted by Gasteiger charge is -2.21. The lowest BCUT2D eigenvalue weighted by Crippen LogP contribution is -2.34. The molecule has 1 saturated carbocycles. The van der Waals surface area contributed by atoms with Crippen molar-refractivity contribution in [1.82, 2.24) is 9.80 Å². The van der Waals surface area contributed by atoms with Gasteiger partial charge >= 0.3 is 0 Å². The van der Waals surface area contributed by atoms with E-state index < -0.39 is 0 Å². The highest BCUT2D eigenvalue weighted by atomic mass is 16.2. The van der Waals surface area contributed by atoms with E-state index in [-0.39, 0.29) is 17.7 Å². The van der Waals surface area contributed by atoms with Crippen LogP contribution < -0.4 is 5.32 Å². The number of anilines is 1. The summed E-state index contributed by atoms with van der Waals surface area (Å²) in [6.07, 6.45) is 1.96. The van der Waals surface area contributed by atoms with Gasteiger partial charge in [0.1, 0.15) is 0 Å². The second kappa shape index (κ2) is 6.71. The number of likely N-dealkylation sites (N-methyl/N-ethyl adjacent to an activating group) is 1. The Morgan fingerprint density at radius 1 is 1.17 bits per heavy atom. The minimum atomic E-state index is 0.0520. The quantitative estimate of drug-likeness (QED) is 0.929. The lowest BCUT2D eigenvalue weighted by molar-refractivity contribution is -0.117. The molecule has 2 unspecified atom stereocenters. The van der Waals surface area contributed by atoms with Gasteiger partial charge in [0.15, 0.2) is 0 Å². The zero-order valence-corrected chi connectivity index (χ0v) is 13.9. The zero-order chi connectivity index (χ0) is 16.4. The highest BCUT2D eigenvalue weighted by Gasteiger charge is 2.39. The minimum Gasteiger partial charge on any atom is -0.337 e. The first kappa shape index (κ1) is 16.0. The van der Waals surface area contributed by atoms with Gasteiger partial charge in [0.05, 0.1) is 0 Å². The maximum atomic E-state index is 12.7. The summed E-state index contributed by atoms with van der Waals surface area (Å²) in [5, 5.41) is 2.93. The van der Waals surface area contributed by atoms with Crippen molar-refractivity contribution >= 4 is 17.5 Å². The molecule has 2 amide bonds. The molecular formula is C18H25N3O2. The molecule has 23 heavy (non-hydrogen) atoms. The summed E-state index contributed by atoms with van der Waals surface area (Å²) >= 11 is 0. The van der Waals surface area contributed by atoms with Gasteiger partial charge < -0.3 is 15.1 Å². The van der Waals surface area contributed by atoms with Crippen LogP contribution in [-0.4, -0.2) is 54.8 Å². The van der Waals surface area contributed by atoms with Crippen LogP contribution >= 0.6 is 0 Å². The summed E-state index contributed by atoms with van der Waals surface area (Å²) in [7, 11) is 2.09. The Bertz CT molecular complexity index is 602. The molecule has 1 saturated heterocycles. The molecule has 5 heteroatoms. The molecule has 1 aliphatic carbocycles. The molecule has 124 valence electrons. The fraction of sp³-hybridized carbons (Fsp3) is 0.556. The summed E-state index contributed by atoms with van der Waals surface area (Å²) in [4.78, 5) is 28.9. The monoisotopic (exact) mass is 315 g/mol. The highest BCUT2D eigenvalue weighted by molar-refractivity contribution is 5.98. The van der Waals surface area contributed by atoms with E-state index in [1.165, 1.54) is 0 Å². The molecule has 0 radical (unpaired) electrons. The largest absolute Gasteiger partial charge is 0.337 e. The summed E-state index contributed by atoms with van der Waals surface area (Å²) in [5.41, 5.74) is 1.36. The predicted molar refractivity (Wildman–Crippen MR) is 90.4 cm³/mol. The molecule has 1 N–H and O–H groups in total. The van der Waals surface area contributed by atoms with E-state index in [0.717, 1.165) is 39.0 Å². The lowest BCUT2D eigenvalue weighted by atomic mass is 10.1. The van der Waals surface area contributed by atoms with E-state index in [2.05, 4.69) is 24.2 Å². The van der Waals surface area contributed by atoms with Gasteiger partial charge in [-0.3, -0.25) is 9.59 Å². The van der Waals surface area contributed by atoms with Crippen molar-refractivity contribution < 1.29 is 9.59 Å². The number of nitrogens with zero attached hydrogens (tertiary/aromatic N) is 2. The van der Waals surface area contributed by atoms with Crippen molar-refractivity contribution in [3.05, 3.63) is 29.8 Å². The second-order valence-electron chi connectivity index (χ2n) is 6.84. The average Bonchev–Trinajstić information content (AvgIpc) is 3.30. The fourth-order valence-corrected chi connectivity index (χ4v) is 3.08. The Hall–Kier alpha value is -1.88. The van der Waals surface area contributed by atoms with Crippen molar-refractivity contribution in [1.29, 1.82) is 0 Å². The highest BCUT2D eigenvalue weighted by Crippen LogP contribution is 2.38. The average molecular weight is 315 g/mol. The van der Waals surface area contributed by atoms with E-state index >= 15 is 0 Å². The zero-order valence-electron chi connectivity index (χ0n) is 13.9. The Labute approximate surface area is 137 Å². The van der Waals surface area contributed by atoms with Crippen LogP contribution in [0.4, 0.5) is 5.69 Å². The van der Waals surface area contributed by atoms with Crippen LogP contribution in [0.3, 0.4) is 0 Å². The molecule has 0 spiro atoms. The van der Waals surface area contributed by atoms with E-state index in [1.807, 2.05) is 23.1 Å². The Kier molecular flexibility index (Phi) is 4.66. The molecule has 1 heterocycles. The second-order valence-corrected chi connectivity index (χ2v) is 6.84. The van der Waals surface area contributed by atoms with E-state index in [4.69, 9.17) is 0 Å². The first-order valence-corrected chi connectivity index (χ1v) is 8.43. The number of benzene rings is 1. The topological polar surface area (TPSA) is 52.7 Å². The predicted octanol–water partition coefficient (Wildman–Crippen LogP) is 2.06. The normalized spacial score (nSPS) is 24.9. The molecule has 0 aromatic heterocycles. The number of carbonyl (C=O) groups excluding carboxylic acids is 2. The first-order valence-electron chi connectivity index (χ1n) is 8.43. The van der Waals surface area contributed by atoms with Crippen molar-refractivity contribution in [3.63, 3.8) is 0 Å². The van der Waals surface area contributed by atoms with E-state index in [0.29, 0.717) is 17.2 Å². The molecule has 2 atom stereocenters. The van der Waals surface area contributed by atoms with Gasteiger partial charge in [-0.25, -0.2) is 0 Å². The van der Waals surface area contributed by atoms with Gasteiger partial charge in [-0.15, -0.1) is 0 Å². The van der Waals surface area contributed by atoms with Crippen LogP contribution in [-0.2, 0) is 4.79 Å². The molecule has 0 bridgehead atoms. The van der Waals surface area contributed by atoms with Crippen LogP contribution in [0.25, 0.3) is 0 Å². The van der Waals surface area contributed by atoms with Gasteiger partial charge in [0.2, 0.25) is 5.91 Å². The first-order chi connectivity index (χ1) is 11.0. The van der Waals surface area contributed by atoms with Crippen molar-refractivity contribution in [2.24, 2.45) is 11.8 Å². The molecule has 2 aliphatic rings. The number of hydrogen-bond acceptors (Lipinski definition) is 3. The molecule has 2 fully saturated rings. The molecule has 1 aromatic carbocycles. The SMILES string of the molecule is CC1CC1C(=O)Nc1cccc(C(=O)N2CCCN(C)CC2)c1. The Balaban J connectivity index is 1.66. The van der Waals surface area contributed by atoms with Crippen LogP contribution in [0.15, 0.2) is 24.3 Å². The number of nitrogens with one attached hydrogen (secondary N) is 1. The maximum absolute atomic E-state index is 12.7. The summed E-state index contributed by atoms with van der Waals surface area (Å²) in [6.45, 7) is 5.56. The Morgan fingerprint density at radius 3 is 2.70 bits per heavy atom. The third-order valence-corrected chi connectivity index (χ3v) is 4.83. The maximum Gasteiger partial charge on any atom is 0.253 e. The third kappa shape index (κ3) is 3.91. The number of hydrogen-bond donors (Lipinski definition) is 1. The smallest absolute Gasteiger partial charge is 0.253 e. The molecule has 1 aliphatic heterocycles. The fourth-order valence-electron chi connectivity index (χ4n) is 3.08. The summed E-state index contributed by atoms with van der Waals surface area (Å²) < 4.78 is 0. The third-order valence-electron chi connectivity index (χ3n) is 4.83. The number of carbonyl (C=O) groups is 2. The Morgan fingerprint density at radius 2 is 1.96 bits per heavy atom. The van der Waals surface area contributed by atoms with Gasteiger partial charge in [0.25, 0.3) is 5.91 Å². The summed E-state index contributed by atoms with van der Waals surface area (Å²) in [6, 6.07) is 7.30. The minimum absolute atomic E-state index is 0.0520. The standard InChI is InChI=1S/C18H25N3O2/c1-13-11-16(13)17(22)19-15-6-3-5-14(12-15)18(23)21-8-4-7-20(2)9-10-21/h3,5-6,12-13,16H,4,7-11H2,1-2H3,(H,19,22). The van der Waals surface area contributed by atoms with Crippen LogP contribution in [0, 0.1) is 11.8 Å². The number of rotatable bonds is 3. The van der Waals surface area contributed by atoms with Crippen LogP contribution in [0.5, 0.6) is 0 Å². The van der Waals surface area contributed by atoms with E-state index in [1.54, 1.807) is 6.07 Å². The van der Waals surface area contributed by atoms with Crippen molar-refractivity contribution in [2.45, 2.75) is 19.8 Å². The van der Waals surface area contributed by atoms with Gasteiger partial charge in [0, 0.05) is 36.8 Å². The van der Waals surface area contributed by atoms with Gasteiger partial charge in [-0.2, -0.15) is 0 Å². The summed E-state index contributed by atoms with van der Waals surface area (Å²) in [5.74, 6) is 0.735.